The molecule has 0 N–H and O–H groups in total. The van der Waals surface area contributed by atoms with Gasteiger partial charge in [-0.3, -0.25) is 4.79 Å². The maximum absolute atomic E-state index is 13.3. The molecule has 0 radical (unpaired) electrons. The molecule has 0 fully saturated rings. The third-order valence-electron chi connectivity index (χ3n) is 3.16. The summed E-state index contributed by atoms with van der Waals surface area (Å²) in [6, 6.07) is 10.0. The molecule has 0 saturated heterocycles. The molecule has 0 spiro atoms. The van der Waals surface area contributed by atoms with Crippen LogP contribution in [-0.4, -0.2) is 12.4 Å². The predicted octanol–water partition coefficient (Wildman–Crippen LogP) is 4.11. The van der Waals surface area contributed by atoms with Gasteiger partial charge in [0.25, 0.3) is 0 Å². The number of ether oxygens (including phenoxy) is 1. The fraction of sp³-hybridized carbons (Fsp3) is 0.188. The molecule has 1 heterocycles. The third kappa shape index (κ3) is 2.43. The van der Waals surface area contributed by atoms with Crippen LogP contribution in [-0.2, 0) is 6.42 Å². The highest BCUT2D eigenvalue weighted by atomic mass is 32.2. The molecule has 0 aliphatic carbocycles. The fourth-order valence-electron chi connectivity index (χ4n) is 2.23. The second-order valence-corrected chi connectivity index (χ2v) is 5.63. The Morgan fingerprint density at radius 3 is 2.85 bits per heavy atom. The lowest BCUT2D eigenvalue weighted by Gasteiger charge is -2.08. The van der Waals surface area contributed by atoms with E-state index >= 15 is 0 Å². The van der Waals surface area contributed by atoms with Crippen molar-refractivity contribution < 1.29 is 13.9 Å². The van der Waals surface area contributed by atoms with Crippen LogP contribution >= 0.6 is 11.8 Å². The highest BCUT2D eigenvalue weighted by Gasteiger charge is 2.21. The first-order valence-electron chi connectivity index (χ1n) is 6.43. The van der Waals surface area contributed by atoms with Gasteiger partial charge >= 0.3 is 0 Å². The first-order chi connectivity index (χ1) is 9.67. The number of rotatable bonds is 2. The summed E-state index contributed by atoms with van der Waals surface area (Å²) in [5.74, 6) is 0.454. The van der Waals surface area contributed by atoms with E-state index in [1.165, 1.54) is 23.9 Å². The van der Waals surface area contributed by atoms with Gasteiger partial charge < -0.3 is 4.74 Å². The Morgan fingerprint density at radius 1 is 1.20 bits per heavy atom. The molecule has 2 nitrogen and oxygen atoms in total. The van der Waals surface area contributed by atoms with Crippen LogP contribution in [0, 0.1) is 5.82 Å². The lowest BCUT2D eigenvalue weighted by molar-refractivity contribution is 0.0989. The van der Waals surface area contributed by atoms with Crippen molar-refractivity contribution in [1.29, 1.82) is 0 Å². The van der Waals surface area contributed by atoms with Gasteiger partial charge in [-0.15, -0.1) is 0 Å². The summed E-state index contributed by atoms with van der Waals surface area (Å²) in [7, 11) is 0. The third-order valence-corrected chi connectivity index (χ3v) is 4.34. The van der Waals surface area contributed by atoms with E-state index < -0.39 is 0 Å². The van der Waals surface area contributed by atoms with Crippen LogP contribution in [0.3, 0.4) is 0 Å². The Hall–Kier alpha value is -1.81. The quantitative estimate of drug-likeness (QED) is 0.831. The van der Waals surface area contributed by atoms with Crippen LogP contribution in [0.15, 0.2) is 46.2 Å². The number of carbonyl (C=O) groups excluding carboxylic acids is 1. The molecule has 0 saturated carbocycles. The van der Waals surface area contributed by atoms with Crippen molar-refractivity contribution in [2.45, 2.75) is 23.1 Å². The average molecular weight is 288 g/mol. The predicted molar refractivity (Wildman–Crippen MR) is 76.2 cm³/mol. The molecule has 102 valence electrons. The largest absolute Gasteiger partial charge is 0.494 e. The van der Waals surface area contributed by atoms with E-state index in [1.54, 1.807) is 12.1 Å². The first kappa shape index (κ1) is 13.2. The van der Waals surface area contributed by atoms with Crippen LogP contribution in [0.25, 0.3) is 0 Å². The molecule has 0 unspecified atom stereocenters. The number of benzene rings is 2. The smallest absolute Gasteiger partial charge is 0.168 e. The molecule has 2 aromatic carbocycles. The lowest BCUT2D eigenvalue weighted by atomic mass is 10.0. The molecule has 1 aliphatic rings. The van der Waals surface area contributed by atoms with E-state index in [0.29, 0.717) is 24.3 Å². The minimum absolute atomic E-state index is 0.0411. The number of hydrogen-bond acceptors (Lipinski definition) is 3. The zero-order valence-electron chi connectivity index (χ0n) is 11.0. The van der Waals surface area contributed by atoms with Crippen molar-refractivity contribution in [1.82, 2.24) is 0 Å². The van der Waals surface area contributed by atoms with E-state index in [1.807, 2.05) is 19.1 Å². The Bertz CT molecular complexity index is 682. The number of hydrogen-bond donors (Lipinski definition) is 0. The topological polar surface area (TPSA) is 26.3 Å². The van der Waals surface area contributed by atoms with Gasteiger partial charge in [0.05, 0.1) is 6.61 Å². The van der Waals surface area contributed by atoms with Crippen molar-refractivity contribution in [3.05, 3.63) is 53.3 Å². The van der Waals surface area contributed by atoms with Gasteiger partial charge in [0.15, 0.2) is 5.78 Å². The summed E-state index contributed by atoms with van der Waals surface area (Å²) in [6.45, 7) is 2.46. The van der Waals surface area contributed by atoms with Gasteiger partial charge in [0, 0.05) is 21.8 Å². The van der Waals surface area contributed by atoms with E-state index in [4.69, 9.17) is 4.74 Å². The summed E-state index contributed by atoms with van der Waals surface area (Å²) >= 11 is 1.43. The highest BCUT2D eigenvalue weighted by molar-refractivity contribution is 7.99. The zero-order chi connectivity index (χ0) is 14.1. The van der Waals surface area contributed by atoms with Crippen molar-refractivity contribution in [2.24, 2.45) is 0 Å². The van der Waals surface area contributed by atoms with E-state index in [2.05, 4.69) is 0 Å². The molecular formula is C16H13FO2S. The Morgan fingerprint density at radius 2 is 2.05 bits per heavy atom. The van der Waals surface area contributed by atoms with Gasteiger partial charge in [0.1, 0.15) is 11.6 Å². The molecule has 4 heteroatoms. The number of halogens is 1. The molecule has 1 aliphatic heterocycles. The van der Waals surface area contributed by atoms with Crippen molar-refractivity contribution in [3.63, 3.8) is 0 Å². The SMILES string of the molecule is CCOc1ccc2c(c1)C(=O)Cc1ccc(F)cc1S2. The number of fused-ring (bicyclic) bond motifs is 2. The van der Waals surface area contributed by atoms with Crippen LogP contribution in [0.4, 0.5) is 4.39 Å². The van der Waals surface area contributed by atoms with Gasteiger partial charge in [0.2, 0.25) is 0 Å². The molecule has 2 aromatic rings. The van der Waals surface area contributed by atoms with Crippen molar-refractivity contribution >= 4 is 17.5 Å². The second-order valence-electron chi connectivity index (χ2n) is 4.55. The number of carbonyl (C=O) groups is 1. The summed E-state index contributed by atoms with van der Waals surface area (Å²) in [5, 5.41) is 0. The van der Waals surface area contributed by atoms with Gasteiger partial charge in [-0.05, 0) is 42.8 Å². The Kier molecular flexibility index (Phi) is 3.49. The summed E-state index contributed by atoms with van der Waals surface area (Å²) in [6.07, 6.45) is 0.297. The molecule has 0 aromatic heterocycles. The number of Topliss-reactive ketones (excluding diaryl/α,β-unsaturated/α-hetero) is 1. The lowest BCUT2D eigenvalue weighted by Crippen LogP contribution is -2.04. The minimum atomic E-state index is -0.280. The monoisotopic (exact) mass is 288 g/mol. The van der Waals surface area contributed by atoms with Crippen LogP contribution in [0.1, 0.15) is 22.8 Å². The Labute approximate surface area is 121 Å². The molecule has 0 atom stereocenters. The van der Waals surface area contributed by atoms with Gasteiger partial charge in [-0.1, -0.05) is 17.8 Å². The number of ketones is 1. The van der Waals surface area contributed by atoms with E-state index in [0.717, 1.165) is 15.4 Å². The van der Waals surface area contributed by atoms with Crippen LogP contribution in [0.2, 0.25) is 0 Å². The normalized spacial score (nSPS) is 13.4. The minimum Gasteiger partial charge on any atom is -0.494 e. The highest BCUT2D eigenvalue weighted by Crippen LogP contribution is 2.38. The average Bonchev–Trinajstić information content (AvgIpc) is 2.56. The standard InChI is InChI=1S/C16H13FO2S/c1-2-19-12-5-6-15-13(9-12)14(18)7-10-3-4-11(17)8-16(10)20-15/h3-6,8-9H,2,7H2,1H3. The first-order valence-corrected chi connectivity index (χ1v) is 7.25. The van der Waals surface area contributed by atoms with Gasteiger partial charge in [-0.25, -0.2) is 4.39 Å². The summed E-state index contributed by atoms with van der Waals surface area (Å²) < 4.78 is 18.8. The van der Waals surface area contributed by atoms with Gasteiger partial charge in [-0.2, -0.15) is 0 Å². The van der Waals surface area contributed by atoms with Crippen molar-refractivity contribution in [3.8, 4) is 5.75 Å². The molecule has 0 amide bonds. The second kappa shape index (κ2) is 5.29. The summed E-state index contributed by atoms with van der Waals surface area (Å²) in [4.78, 5) is 14.0. The molecule has 3 rings (SSSR count). The van der Waals surface area contributed by atoms with Crippen LogP contribution in [0.5, 0.6) is 5.75 Å². The summed E-state index contributed by atoms with van der Waals surface area (Å²) in [5.41, 5.74) is 1.52. The van der Waals surface area contributed by atoms with E-state index in [9.17, 15) is 9.18 Å². The Balaban J connectivity index is 2.06. The molecular weight excluding hydrogens is 275 g/mol. The van der Waals surface area contributed by atoms with Crippen LogP contribution < -0.4 is 4.74 Å². The molecule has 20 heavy (non-hydrogen) atoms. The zero-order valence-corrected chi connectivity index (χ0v) is 11.8. The van der Waals surface area contributed by atoms with Crippen molar-refractivity contribution in [2.75, 3.05) is 6.61 Å². The molecule has 0 bridgehead atoms. The maximum Gasteiger partial charge on any atom is 0.168 e. The van der Waals surface area contributed by atoms with E-state index in [-0.39, 0.29) is 11.6 Å². The maximum atomic E-state index is 13.3. The fourth-order valence-corrected chi connectivity index (χ4v) is 3.33.